The van der Waals surface area contributed by atoms with Crippen LogP contribution in [0.4, 0.5) is 4.39 Å². The summed E-state index contributed by atoms with van der Waals surface area (Å²) in [6, 6.07) is 8.67. The van der Waals surface area contributed by atoms with E-state index >= 15 is 0 Å². The maximum atomic E-state index is 12.9. The first-order valence-corrected chi connectivity index (χ1v) is 7.06. The molecule has 1 atom stereocenters. The first-order valence-electron chi connectivity index (χ1n) is 7.06. The lowest BCUT2D eigenvalue weighted by Gasteiger charge is -2.07. The number of nitrogens with one attached hydrogen (secondary N) is 2. The highest BCUT2D eigenvalue weighted by Gasteiger charge is 2.11. The van der Waals surface area contributed by atoms with E-state index in [2.05, 4.69) is 27.6 Å². The second kappa shape index (κ2) is 5.95. The molecule has 1 aliphatic rings. The van der Waals surface area contributed by atoms with Gasteiger partial charge in [-0.3, -0.25) is 4.99 Å². The molecule has 0 spiro atoms. The van der Waals surface area contributed by atoms with E-state index in [4.69, 9.17) is 0 Å². The molecule has 5 nitrogen and oxygen atoms in total. The molecule has 0 saturated carbocycles. The number of nitrogens with zero attached hydrogens (tertiary/aromatic N) is 3. The van der Waals surface area contributed by atoms with Gasteiger partial charge >= 0.3 is 0 Å². The standard InChI is InChI=1S/C15H18FN5/c1-11-10-18-15(19-11)17-8-6-13-7-9-21(20-13)14-4-2-12(16)3-5-14/h2-5,7,9,11H,6,8,10H2,1H3,(H2,17,18,19). The van der Waals surface area contributed by atoms with E-state index in [1.54, 1.807) is 16.8 Å². The number of benzene rings is 1. The van der Waals surface area contributed by atoms with Crippen molar-refractivity contribution in [3.8, 4) is 5.69 Å². The van der Waals surface area contributed by atoms with Crippen molar-refractivity contribution in [1.29, 1.82) is 0 Å². The van der Waals surface area contributed by atoms with Crippen LogP contribution in [0.3, 0.4) is 0 Å². The zero-order chi connectivity index (χ0) is 14.7. The summed E-state index contributed by atoms with van der Waals surface area (Å²) >= 11 is 0. The van der Waals surface area contributed by atoms with Gasteiger partial charge in [-0.25, -0.2) is 9.07 Å². The fourth-order valence-electron chi connectivity index (χ4n) is 2.20. The van der Waals surface area contributed by atoms with E-state index < -0.39 is 0 Å². The van der Waals surface area contributed by atoms with Crippen molar-refractivity contribution in [2.45, 2.75) is 19.4 Å². The van der Waals surface area contributed by atoms with Gasteiger partial charge < -0.3 is 10.6 Å². The average Bonchev–Trinajstić information content (AvgIpc) is 3.09. The van der Waals surface area contributed by atoms with Crippen molar-refractivity contribution in [3.63, 3.8) is 0 Å². The third-order valence-corrected chi connectivity index (χ3v) is 3.32. The third kappa shape index (κ3) is 3.39. The van der Waals surface area contributed by atoms with Crippen LogP contribution in [0.25, 0.3) is 5.69 Å². The zero-order valence-electron chi connectivity index (χ0n) is 11.9. The molecule has 1 aromatic carbocycles. The van der Waals surface area contributed by atoms with Gasteiger partial charge in [0.2, 0.25) is 0 Å². The minimum absolute atomic E-state index is 0.241. The van der Waals surface area contributed by atoms with Gasteiger partial charge in [-0.05, 0) is 37.3 Å². The second-order valence-electron chi connectivity index (χ2n) is 5.14. The Kier molecular flexibility index (Phi) is 3.85. The normalized spacial score (nSPS) is 17.4. The smallest absolute Gasteiger partial charge is 0.191 e. The SMILES string of the molecule is CC1CN=C(NCCc2ccn(-c3ccc(F)cc3)n2)N1. The van der Waals surface area contributed by atoms with Crippen LogP contribution < -0.4 is 10.6 Å². The Labute approximate surface area is 122 Å². The topological polar surface area (TPSA) is 54.2 Å². The molecule has 1 aliphatic heterocycles. The van der Waals surface area contributed by atoms with Gasteiger partial charge in [-0.2, -0.15) is 5.10 Å². The predicted octanol–water partition coefficient (Wildman–Crippen LogP) is 1.49. The van der Waals surface area contributed by atoms with Gasteiger partial charge in [-0.1, -0.05) is 0 Å². The maximum Gasteiger partial charge on any atom is 0.191 e. The summed E-state index contributed by atoms with van der Waals surface area (Å²) in [5.41, 5.74) is 1.84. The summed E-state index contributed by atoms with van der Waals surface area (Å²) in [6.07, 6.45) is 2.69. The van der Waals surface area contributed by atoms with Gasteiger partial charge in [0.05, 0.1) is 17.9 Å². The highest BCUT2D eigenvalue weighted by Crippen LogP contribution is 2.09. The Morgan fingerprint density at radius 3 is 2.86 bits per heavy atom. The van der Waals surface area contributed by atoms with Crippen LogP contribution in [-0.2, 0) is 6.42 Å². The molecule has 0 saturated heterocycles. The van der Waals surface area contributed by atoms with Crippen LogP contribution in [-0.4, -0.2) is 34.9 Å². The van der Waals surface area contributed by atoms with Crippen LogP contribution in [0, 0.1) is 5.82 Å². The molecule has 0 aliphatic carbocycles. The molecule has 2 heterocycles. The Balaban J connectivity index is 1.54. The fourth-order valence-corrected chi connectivity index (χ4v) is 2.20. The first-order chi connectivity index (χ1) is 10.2. The molecule has 2 aromatic rings. The fraction of sp³-hybridized carbons (Fsp3) is 0.333. The molecule has 0 amide bonds. The van der Waals surface area contributed by atoms with Gasteiger partial charge in [0.25, 0.3) is 0 Å². The summed E-state index contributed by atoms with van der Waals surface area (Å²) in [5.74, 6) is 0.620. The molecular weight excluding hydrogens is 269 g/mol. The van der Waals surface area contributed by atoms with E-state index in [1.165, 1.54) is 12.1 Å². The van der Waals surface area contributed by atoms with Gasteiger partial charge in [-0.15, -0.1) is 0 Å². The molecule has 0 radical (unpaired) electrons. The summed E-state index contributed by atoms with van der Waals surface area (Å²) in [6.45, 7) is 3.70. The Hall–Kier alpha value is -2.37. The summed E-state index contributed by atoms with van der Waals surface area (Å²) in [5, 5.41) is 11.0. The number of aromatic nitrogens is 2. The van der Waals surface area contributed by atoms with Crippen molar-refractivity contribution in [2.24, 2.45) is 4.99 Å². The Bertz CT molecular complexity index is 632. The lowest BCUT2D eigenvalue weighted by molar-refractivity contribution is 0.627. The molecule has 1 unspecified atom stereocenters. The predicted molar refractivity (Wildman–Crippen MR) is 80.1 cm³/mol. The van der Waals surface area contributed by atoms with Crippen LogP contribution in [0.1, 0.15) is 12.6 Å². The van der Waals surface area contributed by atoms with Crippen LogP contribution in [0.5, 0.6) is 0 Å². The quantitative estimate of drug-likeness (QED) is 0.896. The Morgan fingerprint density at radius 1 is 1.33 bits per heavy atom. The van der Waals surface area contributed by atoms with E-state index in [0.29, 0.717) is 6.04 Å². The van der Waals surface area contributed by atoms with Crippen molar-refractivity contribution >= 4 is 5.96 Å². The third-order valence-electron chi connectivity index (χ3n) is 3.32. The minimum Gasteiger partial charge on any atom is -0.356 e. The zero-order valence-corrected chi connectivity index (χ0v) is 11.9. The number of rotatable bonds is 4. The van der Waals surface area contributed by atoms with Gasteiger partial charge in [0.15, 0.2) is 5.96 Å². The Morgan fingerprint density at radius 2 is 2.14 bits per heavy atom. The summed E-state index contributed by atoms with van der Waals surface area (Å²) < 4.78 is 14.6. The molecule has 21 heavy (non-hydrogen) atoms. The monoisotopic (exact) mass is 287 g/mol. The summed E-state index contributed by atoms with van der Waals surface area (Å²) in [4.78, 5) is 4.34. The van der Waals surface area contributed by atoms with Crippen molar-refractivity contribution in [1.82, 2.24) is 20.4 Å². The molecule has 3 rings (SSSR count). The highest BCUT2D eigenvalue weighted by atomic mass is 19.1. The molecule has 1 aromatic heterocycles. The van der Waals surface area contributed by atoms with Crippen LogP contribution in [0.15, 0.2) is 41.5 Å². The molecule has 0 bridgehead atoms. The van der Waals surface area contributed by atoms with Gasteiger partial charge in [0.1, 0.15) is 5.82 Å². The average molecular weight is 287 g/mol. The van der Waals surface area contributed by atoms with E-state index in [9.17, 15) is 4.39 Å². The molecule has 0 fully saturated rings. The second-order valence-corrected chi connectivity index (χ2v) is 5.14. The lowest BCUT2D eigenvalue weighted by Crippen LogP contribution is -2.38. The number of halogens is 1. The van der Waals surface area contributed by atoms with E-state index in [1.807, 2.05) is 12.3 Å². The van der Waals surface area contributed by atoms with E-state index in [0.717, 1.165) is 36.9 Å². The molecular formula is C15H18FN5. The number of guanidine groups is 1. The maximum absolute atomic E-state index is 12.9. The number of hydrogen-bond donors (Lipinski definition) is 2. The van der Waals surface area contributed by atoms with Crippen molar-refractivity contribution < 1.29 is 4.39 Å². The number of aliphatic imine (C=N–C) groups is 1. The minimum atomic E-state index is -0.241. The molecule has 110 valence electrons. The van der Waals surface area contributed by atoms with E-state index in [-0.39, 0.29) is 5.82 Å². The largest absolute Gasteiger partial charge is 0.356 e. The van der Waals surface area contributed by atoms with Crippen LogP contribution >= 0.6 is 0 Å². The van der Waals surface area contributed by atoms with Crippen molar-refractivity contribution in [2.75, 3.05) is 13.1 Å². The molecule has 2 N–H and O–H groups in total. The van der Waals surface area contributed by atoms with Crippen molar-refractivity contribution in [3.05, 3.63) is 48.0 Å². The highest BCUT2D eigenvalue weighted by molar-refractivity contribution is 5.81. The number of hydrogen-bond acceptors (Lipinski definition) is 4. The van der Waals surface area contributed by atoms with Crippen LogP contribution in [0.2, 0.25) is 0 Å². The van der Waals surface area contributed by atoms with Gasteiger partial charge in [0, 0.05) is 25.2 Å². The lowest BCUT2D eigenvalue weighted by atomic mass is 10.3. The summed E-state index contributed by atoms with van der Waals surface area (Å²) in [7, 11) is 0. The first kappa shape index (κ1) is 13.6. The molecule has 6 heteroatoms.